The Balaban J connectivity index is 2.09. The Morgan fingerprint density at radius 3 is 2.11 bits per heavy atom. The van der Waals surface area contributed by atoms with Gasteiger partial charge in [-0.15, -0.1) is 0 Å². The summed E-state index contributed by atoms with van der Waals surface area (Å²) in [5, 5.41) is 0. The third-order valence-corrected chi connectivity index (χ3v) is 2.87. The van der Waals surface area contributed by atoms with Crippen LogP contribution in [-0.2, 0) is 9.53 Å². The van der Waals surface area contributed by atoms with Crippen molar-refractivity contribution in [3.05, 3.63) is 0 Å². The van der Waals surface area contributed by atoms with E-state index >= 15 is 0 Å². The van der Waals surface area contributed by atoms with Crippen LogP contribution in [0.4, 0.5) is 0 Å². The van der Waals surface area contributed by atoms with Gasteiger partial charge in [0.2, 0.25) is 0 Å². The highest BCUT2D eigenvalue weighted by Gasteiger charge is 2.64. The molecular weight excluding hydrogens is 116 g/mol. The zero-order chi connectivity index (χ0) is 6.01. The summed E-state index contributed by atoms with van der Waals surface area (Å²) in [6.07, 6.45) is 2.95. The first-order chi connectivity index (χ1) is 4.38. The molecule has 0 radical (unpaired) electrons. The zero-order valence-corrected chi connectivity index (χ0v) is 5.04. The van der Waals surface area contributed by atoms with E-state index in [4.69, 9.17) is 4.74 Å². The van der Waals surface area contributed by atoms with Crippen LogP contribution in [0.25, 0.3) is 0 Å². The number of ketones is 1. The average molecular weight is 124 g/mol. The van der Waals surface area contributed by atoms with Crippen molar-refractivity contribution in [1.82, 2.24) is 0 Å². The summed E-state index contributed by atoms with van der Waals surface area (Å²) < 4.78 is 5.29. The number of carbonyl (C=O) groups excluding carboxylic acids is 1. The van der Waals surface area contributed by atoms with E-state index in [2.05, 4.69) is 0 Å². The van der Waals surface area contributed by atoms with Crippen LogP contribution in [-0.4, -0.2) is 18.0 Å². The Morgan fingerprint density at radius 2 is 1.78 bits per heavy atom. The van der Waals surface area contributed by atoms with E-state index in [1.54, 1.807) is 0 Å². The fourth-order valence-corrected chi connectivity index (χ4v) is 2.35. The van der Waals surface area contributed by atoms with Gasteiger partial charge in [0, 0.05) is 11.8 Å². The smallest absolute Gasteiger partial charge is 0.144 e. The summed E-state index contributed by atoms with van der Waals surface area (Å²) in [6.45, 7) is 0. The Hall–Kier alpha value is -0.370. The lowest BCUT2D eigenvalue weighted by Gasteiger charge is -1.97. The van der Waals surface area contributed by atoms with Crippen molar-refractivity contribution in [3.63, 3.8) is 0 Å². The van der Waals surface area contributed by atoms with Crippen molar-refractivity contribution in [2.45, 2.75) is 25.0 Å². The van der Waals surface area contributed by atoms with Gasteiger partial charge in [0.25, 0.3) is 0 Å². The molecule has 2 bridgehead atoms. The second-order valence-corrected chi connectivity index (χ2v) is 3.26. The molecule has 1 saturated heterocycles. The summed E-state index contributed by atoms with van der Waals surface area (Å²) >= 11 is 0. The predicted molar refractivity (Wildman–Crippen MR) is 29.9 cm³/mol. The average Bonchev–Trinajstić information content (AvgIpc) is 2.53. The maximum atomic E-state index is 11.1. The van der Waals surface area contributed by atoms with E-state index in [0.717, 1.165) is 12.8 Å². The monoisotopic (exact) mass is 124 g/mol. The number of Topliss-reactive ketones (excluding diaryl/α,β-unsaturated/α-hetero) is 1. The third-order valence-electron chi connectivity index (χ3n) is 2.87. The molecule has 0 aromatic rings. The lowest BCUT2D eigenvalue weighted by molar-refractivity contribution is -0.124. The first-order valence-corrected chi connectivity index (χ1v) is 3.57. The van der Waals surface area contributed by atoms with E-state index < -0.39 is 0 Å². The first-order valence-electron chi connectivity index (χ1n) is 3.57. The maximum Gasteiger partial charge on any atom is 0.144 e. The van der Waals surface area contributed by atoms with E-state index in [-0.39, 0.29) is 0 Å². The molecule has 4 atom stereocenters. The van der Waals surface area contributed by atoms with Crippen molar-refractivity contribution in [2.24, 2.45) is 11.8 Å². The van der Waals surface area contributed by atoms with Gasteiger partial charge in [-0.25, -0.2) is 0 Å². The molecule has 0 aromatic heterocycles. The molecule has 0 spiro atoms. The number of epoxide rings is 1. The lowest BCUT2D eigenvalue weighted by atomic mass is 10.0. The predicted octanol–water partition coefficient (Wildman–Crippen LogP) is 0.363. The second-order valence-electron chi connectivity index (χ2n) is 3.26. The maximum absolute atomic E-state index is 11.1. The highest BCUT2D eigenvalue weighted by molar-refractivity contribution is 5.90. The highest BCUT2D eigenvalue weighted by atomic mass is 16.6. The molecule has 9 heavy (non-hydrogen) atoms. The largest absolute Gasteiger partial charge is 0.368 e. The Kier molecular flexibility index (Phi) is 0.533. The van der Waals surface area contributed by atoms with Crippen LogP contribution >= 0.6 is 0 Å². The number of hydrogen-bond acceptors (Lipinski definition) is 2. The van der Waals surface area contributed by atoms with Crippen molar-refractivity contribution in [3.8, 4) is 0 Å². The fourth-order valence-electron chi connectivity index (χ4n) is 2.35. The normalized spacial score (nSPS) is 60.2. The molecule has 2 aliphatic carbocycles. The topological polar surface area (TPSA) is 29.6 Å². The van der Waals surface area contributed by atoms with Crippen molar-refractivity contribution in [1.29, 1.82) is 0 Å². The molecule has 0 aromatic carbocycles. The zero-order valence-electron chi connectivity index (χ0n) is 5.04. The molecule has 1 heterocycles. The Morgan fingerprint density at radius 1 is 1.22 bits per heavy atom. The van der Waals surface area contributed by atoms with E-state index in [1.807, 2.05) is 0 Å². The van der Waals surface area contributed by atoms with Gasteiger partial charge < -0.3 is 4.74 Å². The molecule has 2 saturated carbocycles. The van der Waals surface area contributed by atoms with Crippen LogP contribution in [0, 0.1) is 11.8 Å². The molecule has 3 aliphatic rings. The first kappa shape index (κ1) is 4.45. The van der Waals surface area contributed by atoms with Crippen LogP contribution < -0.4 is 0 Å². The minimum Gasteiger partial charge on any atom is -0.368 e. The van der Waals surface area contributed by atoms with Crippen LogP contribution in [0.3, 0.4) is 0 Å². The SMILES string of the molecule is O=C1[C@H]2CC[C@@H]1[C@@H]1O[C@@H]12. The molecule has 2 heteroatoms. The van der Waals surface area contributed by atoms with Gasteiger partial charge in [-0.1, -0.05) is 0 Å². The summed E-state index contributed by atoms with van der Waals surface area (Å²) in [4.78, 5) is 11.1. The number of ether oxygens (including phenoxy) is 1. The third kappa shape index (κ3) is 0.341. The lowest BCUT2D eigenvalue weighted by Crippen LogP contribution is -2.10. The number of hydrogen-bond donors (Lipinski definition) is 0. The molecular formula is C7H8O2. The van der Waals surface area contributed by atoms with Crippen molar-refractivity contribution >= 4 is 5.78 Å². The van der Waals surface area contributed by atoms with Crippen molar-refractivity contribution < 1.29 is 9.53 Å². The van der Waals surface area contributed by atoms with E-state index in [1.165, 1.54) is 0 Å². The molecule has 0 unspecified atom stereocenters. The molecule has 3 rings (SSSR count). The van der Waals surface area contributed by atoms with Crippen LogP contribution in [0.5, 0.6) is 0 Å². The summed E-state index contributed by atoms with van der Waals surface area (Å²) in [5.41, 5.74) is 0. The standard InChI is InChI=1S/C7H8O2/c8-5-3-1-2-4(5)7-6(3)9-7/h3-4,6-7H,1-2H2/t3-,4+,6-,7+. The molecule has 0 amide bonds. The molecule has 3 fully saturated rings. The summed E-state index contributed by atoms with van der Waals surface area (Å²) in [7, 11) is 0. The van der Waals surface area contributed by atoms with Crippen molar-refractivity contribution in [2.75, 3.05) is 0 Å². The molecule has 1 aliphatic heterocycles. The molecule has 0 N–H and O–H groups in total. The van der Waals surface area contributed by atoms with Crippen LogP contribution in [0.2, 0.25) is 0 Å². The number of fused-ring (bicyclic) bond motifs is 5. The minimum absolute atomic E-state index is 0.319. The Labute approximate surface area is 53.2 Å². The van der Waals surface area contributed by atoms with Gasteiger partial charge in [0.1, 0.15) is 5.78 Å². The van der Waals surface area contributed by atoms with E-state index in [9.17, 15) is 4.79 Å². The van der Waals surface area contributed by atoms with Gasteiger partial charge in [-0.3, -0.25) is 4.79 Å². The number of carbonyl (C=O) groups is 1. The van der Waals surface area contributed by atoms with Crippen LogP contribution in [0.15, 0.2) is 0 Å². The van der Waals surface area contributed by atoms with Gasteiger partial charge in [-0.05, 0) is 12.8 Å². The second kappa shape index (κ2) is 1.08. The highest BCUT2D eigenvalue weighted by Crippen LogP contribution is 2.53. The Bertz CT molecular complexity index is 169. The quantitative estimate of drug-likeness (QED) is 0.436. The van der Waals surface area contributed by atoms with Crippen LogP contribution in [0.1, 0.15) is 12.8 Å². The summed E-state index contributed by atoms with van der Waals surface area (Å²) in [5.74, 6) is 1.14. The van der Waals surface area contributed by atoms with Gasteiger partial charge >= 0.3 is 0 Å². The van der Waals surface area contributed by atoms with E-state index in [0.29, 0.717) is 29.8 Å². The molecule has 2 nitrogen and oxygen atoms in total. The fraction of sp³-hybridized carbons (Fsp3) is 0.857. The van der Waals surface area contributed by atoms with Gasteiger partial charge in [0.05, 0.1) is 12.2 Å². The number of rotatable bonds is 0. The minimum atomic E-state index is 0.319. The van der Waals surface area contributed by atoms with Gasteiger partial charge in [-0.2, -0.15) is 0 Å². The summed E-state index contributed by atoms with van der Waals surface area (Å²) in [6, 6.07) is 0. The molecule has 48 valence electrons. The van der Waals surface area contributed by atoms with Gasteiger partial charge in [0.15, 0.2) is 0 Å².